The average Bonchev–Trinajstić information content (AvgIpc) is 3.13. The van der Waals surface area contributed by atoms with Crippen LogP contribution in [0, 0.1) is 6.92 Å². The van der Waals surface area contributed by atoms with Gasteiger partial charge in [0.15, 0.2) is 5.96 Å². The molecule has 0 atom stereocenters. The second-order valence-corrected chi connectivity index (χ2v) is 6.75. The zero-order valence-corrected chi connectivity index (χ0v) is 16.9. The van der Waals surface area contributed by atoms with Gasteiger partial charge in [0, 0.05) is 29.5 Å². The molecule has 22 heavy (non-hydrogen) atoms. The molecule has 4 nitrogen and oxygen atoms in total. The number of hydrogen-bond acceptors (Lipinski definition) is 4. The van der Waals surface area contributed by atoms with Gasteiger partial charge in [-0.05, 0) is 37.6 Å². The summed E-state index contributed by atoms with van der Waals surface area (Å²) in [6.45, 7) is 3.81. The Kier molecular flexibility index (Phi) is 9.65. The number of halogens is 1. The summed E-state index contributed by atoms with van der Waals surface area (Å²) in [5.74, 6) is 0.869. The van der Waals surface area contributed by atoms with Crippen molar-refractivity contribution in [1.82, 2.24) is 15.6 Å². The molecule has 0 aromatic carbocycles. The zero-order valence-electron chi connectivity index (χ0n) is 13.0. The number of hydrogen-bond donors (Lipinski definition) is 2. The van der Waals surface area contributed by atoms with Crippen LogP contribution in [0.2, 0.25) is 0 Å². The normalized spacial score (nSPS) is 11.1. The molecule has 122 valence electrons. The fourth-order valence-corrected chi connectivity index (χ4v) is 3.39. The van der Waals surface area contributed by atoms with Crippen LogP contribution in [-0.4, -0.2) is 24.5 Å². The average molecular weight is 450 g/mol. The van der Waals surface area contributed by atoms with Gasteiger partial charge in [-0.2, -0.15) is 0 Å². The van der Waals surface area contributed by atoms with E-state index in [9.17, 15) is 0 Å². The molecular weight excluding hydrogens is 427 g/mol. The van der Waals surface area contributed by atoms with Gasteiger partial charge in [0.1, 0.15) is 0 Å². The van der Waals surface area contributed by atoms with Crippen molar-refractivity contribution in [3.05, 3.63) is 38.5 Å². The van der Waals surface area contributed by atoms with Gasteiger partial charge in [-0.25, -0.2) is 4.98 Å². The molecular formula is C15H23IN4S2. The zero-order chi connectivity index (χ0) is 14.9. The Morgan fingerprint density at radius 1 is 1.27 bits per heavy atom. The molecule has 0 bridgehead atoms. The number of aliphatic imine (C=N–C) groups is 1. The summed E-state index contributed by atoms with van der Waals surface area (Å²) in [6, 6.07) is 4.19. The Morgan fingerprint density at radius 2 is 2.14 bits per heavy atom. The van der Waals surface area contributed by atoms with Gasteiger partial charge in [-0.15, -0.1) is 46.7 Å². The van der Waals surface area contributed by atoms with Crippen molar-refractivity contribution in [1.29, 1.82) is 0 Å². The molecule has 0 saturated carbocycles. The van der Waals surface area contributed by atoms with Crippen molar-refractivity contribution in [3.63, 3.8) is 0 Å². The first kappa shape index (κ1) is 19.4. The van der Waals surface area contributed by atoms with Crippen LogP contribution in [0.1, 0.15) is 28.4 Å². The molecule has 0 fully saturated rings. The van der Waals surface area contributed by atoms with E-state index in [1.807, 2.05) is 14.0 Å². The van der Waals surface area contributed by atoms with Crippen LogP contribution < -0.4 is 10.6 Å². The lowest BCUT2D eigenvalue weighted by molar-refractivity contribution is 0.692. The molecule has 0 aliphatic carbocycles. The molecule has 0 amide bonds. The molecule has 0 saturated heterocycles. The highest BCUT2D eigenvalue weighted by molar-refractivity contribution is 14.0. The Labute approximate surface area is 157 Å². The largest absolute Gasteiger partial charge is 0.356 e. The number of guanidine groups is 1. The lowest BCUT2D eigenvalue weighted by Gasteiger charge is -2.10. The van der Waals surface area contributed by atoms with Crippen molar-refractivity contribution >= 4 is 52.6 Å². The van der Waals surface area contributed by atoms with E-state index < -0.39 is 0 Å². The van der Waals surface area contributed by atoms with E-state index in [0.29, 0.717) is 0 Å². The number of thiazole rings is 1. The molecule has 2 heterocycles. The highest BCUT2D eigenvalue weighted by Crippen LogP contribution is 2.11. The molecule has 2 rings (SSSR count). The number of aryl methyl sites for hydroxylation is 2. The number of nitrogens with zero attached hydrogens (tertiary/aromatic N) is 2. The maximum absolute atomic E-state index is 4.48. The third-order valence-electron chi connectivity index (χ3n) is 3.01. The summed E-state index contributed by atoms with van der Waals surface area (Å²) in [5, 5.41) is 12.1. The second-order valence-electron chi connectivity index (χ2n) is 4.77. The Hall–Kier alpha value is -0.670. The first-order chi connectivity index (χ1) is 10.3. The fraction of sp³-hybridized carbons (Fsp3) is 0.467. The van der Waals surface area contributed by atoms with Crippen LogP contribution in [0.5, 0.6) is 0 Å². The number of unbranched alkanes of at least 4 members (excludes halogenated alkanes) is 1. The van der Waals surface area contributed by atoms with E-state index in [-0.39, 0.29) is 24.0 Å². The van der Waals surface area contributed by atoms with Gasteiger partial charge >= 0.3 is 0 Å². The number of nitrogens with one attached hydrogen (secondary N) is 2. The molecule has 2 aromatic heterocycles. The van der Waals surface area contributed by atoms with Crippen molar-refractivity contribution in [2.75, 3.05) is 13.6 Å². The monoisotopic (exact) mass is 450 g/mol. The first-order valence-electron chi connectivity index (χ1n) is 7.16. The molecule has 0 aliphatic rings. The Morgan fingerprint density at radius 3 is 2.77 bits per heavy atom. The Balaban J connectivity index is 0.00000242. The topological polar surface area (TPSA) is 49.3 Å². The summed E-state index contributed by atoms with van der Waals surface area (Å²) < 4.78 is 0. The number of aromatic nitrogens is 1. The molecule has 2 aromatic rings. The summed E-state index contributed by atoms with van der Waals surface area (Å²) in [4.78, 5) is 10.0. The van der Waals surface area contributed by atoms with Gasteiger partial charge in [0.05, 0.1) is 11.6 Å². The predicted octanol–water partition coefficient (Wildman–Crippen LogP) is 3.82. The van der Waals surface area contributed by atoms with E-state index in [1.54, 1.807) is 22.7 Å². The van der Waals surface area contributed by atoms with Crippen LogP contribution >= 0.6 is 46.7 Å². The highest BCUT2D eigenvalue weighted by atomic mass is 127. The minimum atomic E-state index is 0. The molecule has 2 N–H and O–H groups in total. The van der Waals surface area contributed by atoms with Crippen LogP contribution in [0.15, 0.2) is 27.9 Å². The summed E-state index contributed by atoms with van der Waals surface area (Å²) in [5.41, 5.74) is 1.13. The number of thiophene rings is 1. The molecule has 0 spiro atoms. The van der Waals surface area contributed by atoms with Gasteiger partial charge < -0.3 is 10.6 Å². The SMILES string of the molecule is CN=C(NCCCCc1nc(C)cs1)NCc1cccs1.I. The minimum Gasteiger partial charge on any atom is -0.356 e. The maximum Gasteiger partial charge on any atom is 0.191 e. The van der Waals surface area contributed by atoms with Crippen molar-refractivity contribution in [2.45, 2.75) is 32.7 Å². The van der Waals surface area contributed by atoms with Crippen LogP contribution in [0.3, 0.4) is 0 Å². The predicted molar refractivity (Wildman–Crippen MR) is 108 cm³/mol. The lowest BCUT2D eigenvalue weighted by Crippen LogP contribution is -2.37. The van der Waals surface area contributed by atoms with Gasteiger partial charge in [-0.1, -0.05) is 6.07 Å². The van der Waals surface area contributed by atoms with Crippen LogP contribution in [0.4, 0.5) is 0 Å². The standard InChI is InChI=1S/C15H22N4S2.HI/c1-12-11-21-14(19-12)7-3-4-8-17-15(16-2)18-10-13-6-5-9-20-13;/h5-6,9,11H,3-4,7-8,10H2,1-2H3,(H2,16,17,18);1H. The summed E-state index contributed by atoms with van der Waals surface area (Å²) in [7, 11) is 1.81. The fourth-order valence-electron chi connectivity index (χ4n) is 1.93. The Bertz CT molecular complexity index is 552. The summed E-state index contributed by atoms with van der Waals surface area (Å²) >= 11 is 3.51. The van der Waals surface area contributed by atoms with E-state index in [0.717, 1.165) is 44.0 Å². The first-order valence-corrected chi connectivity index (χ1v) is 8.92. The van der Waals surface area contributed by atoms with Crippen molar-refractivity contribution < 1.29 is 0 Å². The van der Waals surface area contributed by atoms with E-state index in [2.05, 4.69) is 43.5 Å². The van der Waals surface area contributed by atoms with Crippen LogP contribution in [-0.2, 0) is 13.0 Å². The van der Waals surface area contributed by atoms with E-state index in [4.69, 9.17) is 0 Å². The molecule has 0 aliphatic heterocycles. The van der Waals surface area contributed by atoms with Gasteiger partial charge in [0.2, 0.25) is 0 Å². The quantitative estimate of drug-likeness (QED) is 0.292. The molecule has 0 radical (unpaired) electrons. The smallest absolute Gasteiger partial charge is 0.191 e. The third-order valence-corrected chi connectivity index (χ3v) is 4.91. The molecule has 7 heteroatoms. The third kappa shape index (κ3) is 7.06. The van der Waals surface area contributed by atoms with E-state index in [1.165, 1.54) is 9.88 Å². The van der Waals surface area contributed by atoms with Crippen LogP contribution in [0.25, 0.3) is 0 Å². The molecule has 0 unspecified atom stereocenters. The van der Waals surface area contributed by atoms with Gasteiger partial charge in [-0.3, -0.25) is 4.99 Å². The summed E-state index contributed by atoms with van der Waals surface area (Å²) in [6.07, 6.45) is 3.35. The van der Waals surface area contributed by atoms with E-state index >= 15 is 0 Å². The minimum absolute atomic E-state index is 0. The van der Waals surface area contributed by atoms with Crippen molar-refractivity contribution in [3.8, 4) is 0 Å². The highest BCUT2D eigenvalue weighted by Gasteiger charge is 2.00. The second kappa shape index (κ2) is 11.0. The lowest BCUT2D eigenvalue weighted by atomic mass is 10.2. The maximum atomic E-state index is 4.48. The van der Waals surface area contributed by atoms with Crippen molar-refractivity contribution in [2.24, 2.45) is 4.99 Å². The number of rotatable bonds is 7. The van der Waals surface area contributed by atoms with Gasteiger partial charge in [0.25, 0.3) is 0 Å².